The van der Waals surface area contributed by atoms with Crippen LogP contribution < -0.4 is 5.32 Å². The van der Waals surface area contributed by atoms with Gasteiger partial charge in [0.15, 0.2) is 0 Å². The minimum absolute atomic E-state index is 0.0715. The largest absolute Gasteiger partial charge is 0.444 e. The molecule has 1 rings (SSSR count). The number of amides is 1. The Hall–Kier alpha value is -1.06. The molecule has 1 aliphatic rings. The normalized spacial score (nSPS) is 25.7. The topological polar surface area (TPSA) is 55.4 Å². The van der Waals surface area contributed by atoms with Crippen molar-refractivity contribution in [2.45, 2.75) is 70.9 Å². The van der Waals surface area contributed by atoms with Crippen molar-refractivity contribution in [2.24, 2.45) is 5.92 Å². The van der Waals surface area contributed by atoms with Crippen LogP contribution in [0.5, 0.6) is 0 Å². The molecule has 4 heteroatoms. The molecule has 0 aromatic carbocycles. The maximum atomic E-state index is 11.7. The zero-order chi connectivity index (χ0) is 13.6. The molecule has 0 aromatic heterocycles. The van der Waals surface area contributed by atoms with Crippen molar-refractivity contribution in [2.75, 3.05) is 0 Å². The second-order valence-corrected chi connectivity index (χ2v) is 6.04. The summed E-state index contributed by atoms with van der Waals surface area (Å²) in [5.41, 5.74) is -0.498. The highest BCUT2D eigenvalue weighted by Gasteiger charge is 2.26. The summed E-state index contributed by atoms with van der Waals surface area (Å²) in [5.74, 6) is -0.0715. The first kappa shape index (κ1) is 15.0. The summed E-state index contributed by atoms with van der Waals surface area (Å²) in [7, 11) is 0. The molecule has 0 saturated heterocycles. The molecule has 0 heterocycles. The number of carbonyl (C=O) groups excluding carboxylic acids is 2. The number of alkyl carbamates (subject to hydrolysis) is 1. The highest BCUT2D eigenvalue weighted by atomic mass is 16.6. The molecule has 1 aliphatic carbocycles. The van der Waals surface area contributed by atoms with E-state index in [0.29, 0.717) is 0 Å². The van der Waals surface area contributed by atoms with Gasteiger partial charge in [-0.25, -0.2) is 4.79 Å². The van der Waals surface area contributed by atoms with Gasteiger partial charge in [-0.05, 0) is 33.6 Å². The molecule has 0 aromatic rings. The van der Waals surface area contributed by atoms with Crippen molar-refractivity contribution < 1.29 is 14.3 Å². The van der Waals surface area contributed by atoms with Crippen molar-refractivity contribution in [3.63, 3.8) is 0 Å². The maximum Gasteiger partial charge on any atom is 0.407 e. The summed E-state index contributed by atoms with van der Waals surface area (Å²) in [4.78, 5) is 22.8. The number of nitrogens with one attached hydrogen (secondary N) is 1. The van der Waals surface area contributed by atoms with E-state index in [1.54, 1.807) is 0 Å². The molecule has 0 unspecified atom stereocenters. The lowest BCUT2D eigenvalue weighted by molar-refractivity contribution is -0.112. The SMILES string of the molecule is CC(C)(C)OC(=O)N[C@@H]1CCCCCC[C@@H]1C=O. The van der Waals surface area contributed by atoms with Gasteiger partial charge in [0, 0.05) is 12.0 Å². The van der Waals surface area contributed by atoms with Crippen molar-refractivity contribution in [1.82, 2.24) is 5.32 Å². The minimum Gasteiger partial charge on any atom is -0.444 e. The number of rotatable bonds is 2. The number of aldehydes is 1. The standard InChI is InChI=1S/C14H25NO3/c1-14(2,3)18-13(17)15-12-9-7-5-4-6-8-11(12)10-16/h10-12H,4-9H2,1-3H3,(H,15,17)/t11-,12-/m1/s1. The fourth-order valence-electron chi connectivity index (χ4n) is 2.31. The Balaban J connectivity index is 2.54. The van der Waals surface area contributed by atoms with Crippen molar-refractivity contribution in [1.29, 1.82) is 0 Å². The van der Waals surface area contributed by atoms with Gasteiger partial charge in [-0.1, -0.05) is 25.7 Å². The first-order valence-corrected chi connectivity index (χ1v) is 6.87. The summed E-state index contributed by atoms with van der Waals surface area (Å²) in [6.45, 7) is 5.51. The molecule has 1 amide bonds. The Labute approximate surface area is 109 Å². The van der Waals surface area contributed by atoms with Crippen LogP contribution >= 0.6 is 0 Å². The van der Waals surface area contributed by atoms with E-state index in [-0.39, 0.29) is 12.0 Å². The fraction of sp³-hybridized carbons (Fsp3) is 0.857. The van der Waals surface area contributed by atoms with E-state index in [4.69, 9.17) is 4.74 Å². The average Bonchev–Trinajstić information content (AvgIpc) is 2.20. The van der Waals surface area contributed by atoms with E-state index in [1.807, 2.05) is 20.8 Å². The van der Waals surface area contributed by atoms with Gasteiger partial charge in [0.1, 0.15) is 11.9 Å². The second kappa shape index (κ2) is 6.76. The summed E-state index contributed by atoms with van der Waals surface area (Å²) >= 11 is 0. The molecule has 0 bridgehead atoms. The monoisotopic (exact) mass is 255 g/mol. The van der Waals surface area contributed by atoms with Crippen LogP contribution in [0, 0.1) is 5.92 Å². The third-order valence-corrected chi connectivity index (χ3v) is 3.20. The Morgan fingerprint density at radius 1 is 1.17 bits per heavy atom. The lowest BCUT2D eigenvalue weighted by Crippen LogP contribution is -2.43. The van der Waals surface area contributed by atoms with Crippen LogP contribution in [0.1, 0.15) is 59.3 Å². The van der Waals surface area contributed by atoms with Gasteiger partial charge in [0.05, 0.1) is 0 Å². The lowest BCUT2D eigenvalue weighted by Gasteiger charge is -2.28. The van der Waals surface area contributed by atoms with Crippen LogP contribution in [0.4, 0.5) is 4.79 Å². The lowest BCUT2D eigenvalue weighted by atomic mass is 9.88. The highest BCUT2D eigenvalue weighted by Crippen LogP contribution is 2.22. The number of hydrogen-bond acceptors (Lipinski definition) is 3. The molecule has 1 fully saturated rings. The summed E-state index contributed by atoms with van der Waals surface area (Å²) in [5, 5.41) is 2.85. The molecule has 4 nitrogen and oxygen atoms in total. The molecular weight excluding hydrogens is 230 g/mol. The third kappa shape index (κ3) is 5.52. The third-order valence-electron chi connectivity index (χ3n) is 3.20. The summed E-state index contributed by atoms with van der Waals surface area (Å²) in [6.07, 6.45) is 6.78. The number of hydrogen-bond donors (Lipinski definition) is 1. The zero-order valence-corrected chi connectivity index (χ0v) is 11.7. The summed E-state index contributed by atoms with van der Waals surface area (Å²) in [6, 6.07) is -0.0716. The minimum atomic E-state index is -0.498. The Bertz CT molecular complexity index is 283. The highest BCUT2D eigenvalue weighted by molar-refractivity contribution is 5.69. The quantitative estimate of drug-likeness (QED) is 0.772. The van der Waals surface area contributed by atoms with E-state index < -0.39 is 11.7 Å². The van der Waals surface area contributed by atoms with Gasteiger partial charge in [-0.15, -0.1) is 0 Å². The first-order chi connectivity index (χ1) is 8.42. The van der Waals surface area contributed by atoms with Gasteiger partial charge in [0.25, 0.3) is 0 Å². The number of carbonyl (C=O) groups is 2. The van der Waals surface area contributed by atoms with Crippen LogP contribution in [-0.4, -0.2) is 24.0 Å². The molecule has 0 radical (unpaired) electrons. The first-order valence-electron chi connectivity index (χ1n) is 6.87. The molecular formula is C14H25NO3. The molecule has 104 valence electrons. The van der Waals surface area contributed by atoms with Crippen molar-refractivity contribution >= 4 is 12.4 Å². The summed E-state index contributed by atoms with van der Waals surface area (Å²) < 4.78 is 5.24. The molecule has 18 heavy (non-hydrogen) atoms. The van der Waals surface area contributed by atoms with Crippen LogP contribution in [0.15, 0.2) is 0 Å². The Morgan fingerprint density at radius 3 is 2.33 bits per heavy atom. The fourth-order valence-corrected chi connectivity index (χ4v) is 2.31. The van der Waals surface area contributed by atoms with Gasteiger partial charge in [0.2, 0.25) is 0 Å². The van der Waals surface area contributed by atoms with E-state index in [2.05, 4.69) is 5.32 Å². The molecule has 1 N–H and O–H groups in total. The second-order valence-electron chi connectivity index (χ2n) is 6.04. The number of ether oxygens (including phenoxy) is 1. The van der Waals surface area contributed by atoms with Crippen LogP contribution in [0.3, 0.4) is 0 Å². The van der Waals surface area contributed by atoms with E-state index >= 15 is 0 Å². The Morgan fingerprint density at radius 2 is 1.78 bits per heavy atom. The maximum absolute atomic E-state index is 11.7. The van der Waals surface area contributed by atoms with E-state index in [0.717, 1.165) is 32.0 Å². The van der Waals surface area contributed by atoms with Crippen molar-refractivity contribution in [3.8, 4) is 0 Å². The van der Waals surface area contributed by atoms with Gasteiger partial charge in [-0.2, -0.15) is 0 Å². The molecule has 0 spiro atoms. The average molecular weight is 255 g/mol. The van der Waals surface area contributed by atoms with Crippen LogP contribution in [0.25, 0.3) is 0 Å². The van der Waals surface area contributed by atoms with Crippen molar-refractivity contribution in [3.05, 3.63) is 0 Å². The molecule has 0 aliphatic heterocycles. The predicted octanol–water partition coefficient (Wildman–Crippen LogP) is 3.05. The predicted molar refractivity (Wildman–Crippen MR) is 70.4 cm³/mol. The van der Waals surface area contributed by atoms with E-state index in [9.17, 15) is 9.59 Å². The van der Waals surface area contributed by atoms with Gasteiger partial charge in [-0.3, -0.25) is 0 Å². The van der Waals surface area contributed by atoms with Gasteiger partial charge >= 0.3 is 6.09 Å². The van der Waals surface area contributed by atoms with E-state index in [1.165, 1.54) is 12.8 Å². The van der Waals surface area contributed by atoms with Crippen LogP contribution in [0.2, 0.25) is 0 Å². The smallest absolute Gasteiger partial charge is 0.407 e. The zero-order valence-electron chi connectivity index (χ0n) is 11.7. The molecule has 1 saturated carbocycles. The van der Waals surface area contributed by atoms with Gasteiger partial charge < -0.3 is 14.8 Å². The molecule has 2 atom stereocenters. The Kier molecular flexibility index (Phi) is 5.63. The van der Waals surface area contributed by atoms with Crippen LogP contribution in [-0.2, 0) is 9.53 Å².